The van der Waals surface area contributed by atoms with Crippen molar-refractivity contribution in [2.75, 3.05) is 13.7 Å². The molecule has 0 aliphatic heterocycles. The van der Waals surface area contributed by atoms with E-state index in [1.807, 2.05) is 61.5 Å². The monoisotopic (exact) mass is 330 g/mol. The van der Waals surface area contributed by atoms with E-state index >= 15 is 0 Å². The third-order valence-corrected chi connectivity index (χ3v) is 4.21. The van der Waals surface area contributed by atoms with Crippen LogP contribution in [0.1, 0.15) is 18.1 Å². The van der Waals surface area contributed by atoms with Gasteiger partial charge in [0.1, 0.15) is 5.75 Å². The van der Waals surface area contributed by atoms with Crippen LogP contribution in [0.5, 0.6) is 5.75 Å². The molecule has 2 rings (SSSR count). The summed E-state index contributed by atoms with van der Waals surface area (Å²) in [5.74, 6) is 0.549. The van der Waals surface area contributed by atoms with E-state index in [0.29, 0.717) is 13.0 Å². The van der Waals surface area contributed by atoms with Gasteiger partial charge in [0.25, 0.3) is 0 Å². The third kappa shape index (κ3) is 5.34. The van der Waals surface area contributed by atoms with E-state index in [2.05, 4.69) is 0 Å². The van der Waals surface area contributed by atoms with Gasteiger partial charge in [0, 0.05) is 12.5 Å². The second-order valence-corrected chi connectivity index (χ2v) is 5.99. The van der Waals surface area contributed by atoms with E-state index in [1.165, 1.54) is 0 Å². The van der Waals surface area contributed by atoms with Gasteiger partial charge in [-0.3, -0.25) is 0 Å². The number of benzene rings is 2. The van der Waals surface area contributed by atoms with Crippen molar-refractivity contribution < 1.29 is 19.7 Å². The van der Waals surface area contributed by atoms with Crippen molar-refractivity contribution in [2.24, 2.45) is 5.92 Å². The summed E-state index contributed by atoms with van der Waals surface area (Å²) in [5, 5.41) is 20.1. The summed E-state index contributed by atoms with van der Waals surface area (Å²) in [7, 11) is 1.63. The fourth-order valence-corrected chi connectivity index (χ4v) is 2.64. The Morgan fingerprint density at radius 2 is 1.62 bits per heavy atom. The average Bonchev–Trinajstić information content (AvgIpc) is 2.64. The number of aliphatic hydroxyl groups is 2. The zero-order chi connectivity index (χ0) is 17.4. The largest absolute Gasteiger partial charge is 0.497 e. The maximum Gasteiger partial charge on any atom is 0.118 e. The maximum atomic E-state index is 10.5. The molecule has 0 saturated heterocycles. The molecule has 2 aromatic carbocycles. The lowest BCUT2D eigenvalue weighted by Crippen LogP contribution is -2.36. The van der Waals surface area contributed by atoms with Crippen LogP contribution in [-0.4, -0.2) is 36.1 Å². The second kappa shape index (κ2) is 9.42. The van der Waals surface area contributed by atoms with Crippen molar-refractivity contribution in [3.63, 3.8) is 0 Å². The van der Waals surface area contributed by atoms with Crippen LogP contribution < -0.4 is 4.74 Å². The van der Waals surface area contributed by atoms with Crippen molar-refractivity contribution in [3.05, 3.63) is 65.7 Å². The van der Waals surface area contributed by atoms with Crippen LogP contribution in [0.25, 0.3) is 0 Å². The van der Waals surface area contributed by atoms with Crippen molar-refractivity contribution in [2.45, 2.75) is 32.2 Å². The Balaban J connectivity index is 1.87. The van der Waals surface area contributed by atoms with Gasteiger partial charge in [-0.1, -0.05) is 42.5 Å². The Kier molecular flexibility index (Phi) is 7.25. The SMILES string of the molecule is COc1ccc(CO[C@@H](C)[C@H](O)[C@H](CO)Cc2ccccc2)cc1. The first-order valence-electron chi connectivity index (χ1n) is 8.21. The van der Waals surface area contributed by atoms with E-state index in [1.54, 1.807) is 7.11 Å². The smallest absolute Gasteiger partial charge is 0.118 e. The van der Waals surface area contributed by atoms with Crippen molar-refractivity contribution in [3.8, 4) is 5.75 Å². The van der Waals surface area contributed by atoms with Gasteiger partial charge in [0.15, 0.2) is 0 Å². The molecule has 0 heterocycles. The predicted octanol–water partition coefficient (Wildman–Crippen LogP) is 2.81. The fraction of sp³-hybridized carbons (Fsp3) is 0.400. The Morgan fingerprint density at radius 1 is 0.958 bits per heavy atom. The summed E-state index contributed by atoms with van der Waals surface area (Å²) in [6.45, 7) is 2.17. The van der Waals surface area contributed by atoms with E-state index in [-0.39, 0.29) is 18.6 Å². The molecule has 0 saturated carbocycles. The highest BCUT2D eigenvalue weighted by atomic mass is 16.5. The summed E-state index contributed by atoms with van der Waals surface area (Å²) in [4.78, 5) is 0. The van der Waals surface area contributed by atoms with Crippen LogP contribution >= 0.6 is 0 Å². The van der Waals surface area contributed by atoms with Gasteiger partial charge in [0.05, 0.1) is 25.9 Å². The quantitative estimate of drug-likeness (QED) is 0.742. The van der Waals surface area contributed by atoms with Crippen LogP contribution in [0.2, 0.25) is 0 Å². The zero-order valence-corrected chi connectivity index (χ0v) is 14.3. The van der Waals surface area contributed by atoms with Crippen molar-refractivity contribution >= 4 is 0 Å². The summed E-state index contributed by atoms with van der Waals surface area (Å²) >= 11 is 0. The first kappa shape index (κ1) is 18.5. The number of hydrogen-bond donors (Lipinski definition) is 2. The Labute approximate surface area is 143 Å². The van der Waals surface area contributed by atoms with Crippen molar-refractivity contribution in [1.82, 2.24) is 0 Å². The topological polar surface area (TPSA) is 58.9 Å². The highest BCUT2D eigenvalue weighted by molar-refractivity contribution is 5.26. The summed E-state index contributed by atoms with van der Waals surface area (Å²) in [6, 6.07) is 17.5. The Morgan fingerprint density at radius 3 is 2.21 bits per heavy atom. The van der Waals surface area contributed by atoms with Crippen LogP contribution in [0.3, 0.4) is 0 Å². The fourth-order valence-electron chi connectivity index (χ4n) is 2.64. The van der Waals surface area contributed by atoms with Gasteiger partial charge in [-0.2, -0.15) is 0 Å². The molecule has 0 fully saturated rings. The third-order valence-electron chi connectivity index (χ3n) is 4.21. The molecular formula is C20H26O4. The molecule has 0 bridgehead atoms. The predicted molar refractivity (Wildman–Crippen MR) is 94.0 cm³/mol. The van der Waals surface area contributed by atoms with E-state index in [9.17, 15) is 10.2 Å². The van der Waals surface area contributed by atoms with Crippen LogP contribution in [0.4, 0.5) is 0 Å². The average molecular weight is 330 g/mol. The normalized spacial score (nSPS) is 14.8. The molecule has 0 aliphatic carbocycles. The number of ether oxygens (including phenoxy) is 2. The summed E-state index contributed by atoms with van der Waals surface area (Å²) in [5.41, 5.74) is 2.11. The van der Waals surface area contributed by atoms with Gasteiger partial charge < -0.3 is 19.7 Å². The molecule has 4 heteroatoms. The molecule has 0 spiro atoms. The highest BCUT2D eigenvalue weighted by Crippen LogP contribution is 2.18. The second-order valence-electron chi connectivity index (χ2n) is 5.99. The molecule has 2 N–H and O–H groups in total. The first-order valence-corrected chi connectivity index (χ1v) is 8.21. The Hall–Kier alpha value is -1.88. The molecule has 0 aromatic heterocycles. The van der Waals surface area contributed by atoms with Crippen molar-refractivity contribution in [1.29, 1.82) is 0 Å². The number of aliphatic hydroxyl groups excluding tert-OH is 2. The first-order chi connectivity index (χ1) is 11.6. The minimum atomic E-state index is -0.728. The van der Waals surface area contributed by atoms with E-state index in [0.717, 1.165) is 16.9 Å². The molecule has 24 heavy (non-hydrogen) atoms. The molecule has 0 unspecified atom stereocenters. The number of rotatable bonds is 9. The molecule has 0 amide bonds. The molecule has 3 atom stereocenters. The minimum Gasteiger partial charge on any atom is -0.497 e. The van der Waals surface area contributed by atoms with Crippen LogP contribution in [-0.2, 0) is 17.8 Å². The standard InChI is InChI=1S/C20H26O4/c1-15(24-14-17-8-10-19(23-2)11-9-17)20(22)18(13-21)12-16-6-4-3-5-7-16/h3-11,15,18,20-22H,12-14H2,1-2H3/t15-,18-,20-/m0/s1. The number of hydrogen-bond acceptors (Lipinski definition) is 4. The Bertz CT molecular complexity index is 582. The van der Waals surface area contributed by atoms with Crippen LogP contribution in [0, 0.1) is 5.92 Å². The van der Waals surface area contributed by atoms with Gasteiger partial charge in [-0.25, -0.2) is 0 Å². The van der Waals surface area contributed by atoms with E-state index < -0.39 is 6.10 Å². The van der Waals surface area contributed by atoms with Gasteiger partial charge in [-0.15, -0.1) is 0 Å². The lowest BCUT2D eigenvalue weighted by molar-refractivity contribution is -0.0686. The van der Waals surface area contributed by atoms with E-state index in [4.69, 9.17) is 9.47 Å². The minimum absolute atomic E-state index is 0.0771. The highest BCUT2D eigenvalue weighted by Gasteiger charge is 2.25. The zero-order valence-electron chi connectivity index (χ0n) is 14.3. The molecule has 130 valence electrons. The lowest BCUT2D eigenvalue weighted by atomic mass is 9.92. The molecule has 2 aromatic rings. The number of methoxy groups -OCH3 is 1. The van der Waals surface area contributed by atoms with Gasteiger partial charge in [0.2, 0.25) is 0 Å². The molecule has 0 radical (unpaired) electrons. The van der Waals surface area contributed by atoms with Gasteiger partial charge in [-0.05, 0) is 36.6 Å². The van der Waals surface area contributed by atoms with Crippen LogP contribution in [0.15, 0.2) is 54.6 Å². The molecule has 0 aliphatic rings. The lowest BCUT2D eigenvalue weighted by Gasteiger charge is -2.26. The summed E-state index contributed by atoms with van der Waals surface area (Å²) in [6.07, 6.45) is -0.476. The van der Waals surface area contributed by atoms with Gasteiger partial charge >= 0.3 is 0 Å². The molecule has 4 nitrogen and oxygen atoms in total. The maximum absolute atomic E-state index is 10.5. The summed E-state index contributed by atoms with van der Waals surface area (Å²) < 4.78 is 10.9. The molecular weight excluding hydrogens is 304 g/mol.